The summed E-state index contributed by atoms with van der Waals surface area (Å²) in [4.78, 5) is 8.29. The lowest BCUT2D eigenvalue weighted by molar-refractivity contribution is 0.118. The van der Waals surface area contributed by atoms with Gasteiger partial charge in [-0.05, 0) is 6.42 Å². The van der Waals surface area contributed by atoms with Crippen LogP contribution in [0.15, 0.2) is 12.4 Å². The zero-order valence-corrected chi connectivity index (χ0v) is 8.08. The third-order valence-corrected chi connectivity index (χ3v) is 1.56. The molecule has 0 saturated heterocycles. The van der Waals surface area contributed by atoms with E-state index in [9.17, 15) is 0 Å². The van der Waals surface area contributed by atoms with Crippen molar-refractivity contribution >= 4 is 5.82 Å². The van der Waals surface area contributed by atoms with Crippen LogP contribution in [0.4, 0.5) is 5.82 Å². The van der Waals surface area contributed by atoms with Gasteiger partial charge >= 0.3 is 0 Å². The van der Waals surface area contributed by atoms with Gasteiger partial charge < -0.3 is 10.1 Å². The smallest absolute Gasteiger partial charge is 0.144 e. The number of anilines is 1. The van der Waals surface area contributed by atoms with Gasteiger partial charge in [-0.3, -0.25) is 4.98 Å². The number of nitrogens with one attached hydrogen (secondary N) is 1. The lowest BCUT2D eigenvalue weighted by Gasteiger charge is -2.02. The minimum atomic E-state index is 0.546. The standard InChI is InChI=1S/C9H15N3O/c1-3-4-13-7-8-5-12-9(10-2)6-11-8/h5-6H,3-4,7H2,1-2H3,(H,10,12). The van der Waals surface area contributed by atoms with Crippen molar-refractivity contribution in [1.29, 1.82) is 0 Å². The first-order chi connectivity index (χ1) is 6.36. The predicted molar refractivity (Wildman–Crippen MR) is 51.5 cm³/mol. The highest BCUT2D eigenvalue weighted by molar-refractivity contribution is 5.29. The van der Waals surface area contributed by atoms with Crippen LogP contribution in [0.1, 0.15) is 19.0 Å². The molecule has 4 heteroatoms. The van der Waals surface area contributed by atoms with Crippen molar-refractivity contribution in [3.63, 3.8) is 0 Å². The third-order valence-electron chi connectivity index (χ3n) is 1.56. The van der Waals surface area contributed by atoms with E-state index < -0.39 is 0 Å². The summed E-state index contributed by atoms with van der Waals surface area (Å²) >= 11 is 0. The monoisotopic (exact) mass is 181 g/mol. The minimum absolute atomic E-state index is 0.546. The topological polar surface area (TPSA) is 47.0 Å². The molecule has 0 spiro atoms. The van der Waals surface area contributed by atoms with Gasteiger partial charge in [0.1, 0.15) is 5.82 Å². The molecule has 0 saturated carbocycles. The fourth-order valence-electron chi connectivity index (χ4n) is 0.879. The predicted octanol–water partition coefficient (Wildman–Crippen LogP) is 1.44. The van der Waals surface area contributed by atoms with Gasteiger partial charge in [-0.2, -0.15) is 0 Å². The Kier molecular flexibility index (Phi) is 4.18. The second-order valence-electron chi connectivity index (χ2n) is 2.70. The molecule has 0 atom stereocenters. The molecule has 13 heavy (non-hydrogen) atoms. The minimum Gasteiger partial charge on any atom is -0.375 e. The summed E-state index contributed by atoms with van der Waals surface area (Å²) in [6.07, 6.45) is 4.45. The van der Waals surface area contributed by atoms with Gasteiger partial charge in [-0.15, -0.1) is 0 Å². The van der Waals surface area contributed by atoms with E-state index in [0.29, 0.717) is 6.61 Å². The van der Waals surface area contributed by atoms with Crippen LogP contribution in [0, 0.1) is 0 Å². The Hall–Kier alpha value is -1.16. The van der Waals surface area contributed by atoms with Gasteiger partial charge in [0.2, 0.25) is 0 Å². The SMILES string of the molecule is CCCOCc1cnc(NC)cn1. The quantitative estimate of drug-likeness (QED) is 0.698. The lowest BCUT2D eigenvalue weighted by atomic mass is 10.4. The van der Waals surface area contributed by atoms with Crippen molar-refractivity contribution in [3.8, 4) is 0 Å². The van der Waals surface area contributed by atoms with E-state index in [4.69, 9.17) is 4.74 Å². The van der Waals surface area contributed by atoms with Crippen LogP contribution >= 0.6 is 0 Å². The highest BCUT2D eigenvalue weighted by Crippen LogP contribution is 2.00. The van der Waals surface area contributed by atoms with E-state index in [1.165, 1.54) is 0 Å². The molecule has 1 heterocycles. The summed E-state index contributed by atoms with van der Waals surface area (Å²) in [5.41, 5.74) is 0.868. The molecule has 0 amide bonds. The van der Waals surface area contributed by atoms with Crippen LogP contribution in [0.3, 0.4) is 0 Å². The van der Waals surface area contributed by atoms with Crippen molar-refractivity contribution < 1.29 is 4.74 Å². The molecule has 0 aliphatic rings. The van der Waals surface area contributed by atoms with Crippen LogP contribution in [0.5, 0.6) is 0 Å². The number of hydrogen-bond donors (Lipinski definition) is 1. The summed E-state index contributed by atoms with van der Waals surface area (Å²) < 4.78 is 5.32. The first kappa shape index (κ1) is 9.92. The average molecular weight is 181 g/mol. The van der Waals surface area contributed by atoms with E-state index in [1.807, 2.05) is 7.05 Å². The van der Waals surface area contributed by atoms with Crippen molar-refractivity contribution in [2.75, 3.05) is 19.0 Å². The summed E-state index contributed by atoms with van der Waals surface area (Å²) in [6.45, 7) is 3.40. The molecule has 0 aromatic carbocycles. The molecule has 1 rings (SSSR count). The van der Waals surface area contributed by atoms with Gasteiger partial charge in [-0.25, -0.2) is 4.98 Å². The Morgan fingerprint density at radius 1 is 1.38 bits per heavy atom. The average Bonchev–Trinajstić information content (AvgIpc) is 2.19. The second-order valence-corrected chi connectivity index (χ2v) is 2.70. The molecule has 72 valence electrons. The molecule has 4 nitrogen and oxygen atoms in total. The van der Waals surface area contributed by atoms with Gasteiger partial charge in [0.25, 0.3) is 0 Å². The highest BCUT2D eigenvalue weighted by Gasteiger charge is 1.95. The highest BCUT2D eigenvalue weighted by atomic mass is 16.5. The molecule has 0 fully saturated rings. The molecule has 0 aliphatic carbocycles. The van der Waals surface area contributed by atoms with Gasteiger partial charge in [-0.1, -0.05) is 6.92 Å². The largest absolute Gasteiger partial charge is 0.375 e. The summed E-state index contributed by atoms with van der Waals surface area (Å²) in [7, 11) is 1.82. The third kappa shape index (κ3) is 3.38. The van der Waals surface area contributed by atoms with Crippen LogP contribution in [-0.4, -0.2) is 23.6 Å². The maximum atomic E-state index is 5.32. The molecule has 0 unspecified atom stereocenters. The Morgan fingerprint density at radius 3 is 2.77 bits per heavy atom. The van der Waals surface area contributed by atoms with Crippen molar-refractivity contribution in [1.82, 2.24) is 9.97 Å². The molecule has 1 N–H and O–H groups in total. The first-order valence-corrected chi connectivity index (χ1v) is 4.43. The maximum Gasteiger partial charge on any atom is 0.144 e. The summed E-state index contributed by atoms with van der Waals surface area (Å²) in [5.74, 6) is 0.777. The fraction of sp³-hybridized carbons (Fsp3) is 0.556. The van der Waals surface area contributed by atoms with Crippen LogP contribution in [0.25, 0.3) is 0 Å². The van der Waals surface area contributed by atoms with E-state index in [-0.39, 0.29) is 0 Å². The molecule has 0 bridgehead atoms. The Balaban J connectivity index is 2.40. The van der Waals surface area contributed by atoms with Gasteiger partial charge in [0.15, 0.2) is 0 Å². The number of rotatable bonds is 5. The maximum absolute atomic E-state index is 5.32. The normalized spacial score (nSPS) is 10.0. The van der Waals surface area contributed by atoms with Crippen molar-refractivity contribution in [2.45, 2.75) is 20.0 Å². The van der Waals surface area contributed by atoms with Crippen molar-refractivity contribution in [3.05, 3.63) is 18.1 Å². The molecule has 0 radical (unpaired) electrons. The molecule has 0 aliphatic heterocycles. The van der Waals surface area contributed by atoms with Gasteiger partial charge in [0.05, 0.1) is 24.7 Å². The Bertz CT molecular complexity index is 235. The van der Waals surface area contributed by atoms with Crippen molar-refractivity contribution in [2.24, 2.45) is 0 Å². The van der Waals surface area contributed by atoms with Crippen LogP contribution in [0.2, 0.25) is 0 Å². The van der Waals surface area contributed by atoms with E-state index in [1.54, 1.807) is 12.4 Å². The fourth-order valence-corrected chi connectivity index (χ4v) is 0.879. The number of nitrogens with zero attached hydrogens (tertiary/aromatic N) is 2. The zero-order chi connectivity index (χ0) is 9.52. The number of hydrogen-bond acceptors (Lipinski definition) is 4. The van der Waals surface area contributed by atoms with Gasteiger partial charge in [0, 0.05) is 13.7 Å². The number of ether oxygens (including phenoxy) is 1. The Morgan fingerprint density at radius 2 is 2.23 bits per heavy atom. The summed E-state index contributed by atoms with van der Waals surface area (Å²) in [5, 5.41) is 2.91. The van der Waals surface area contributed by atoms with E-state index >= 15 is 0 Å². The number of aromatic nitrogens is 2. The molecular weight excluding hydrogens is 166 g/mol. The van der Waals surface area contributed by atoms with Crippen LogP contribution < -0.4 is 5.32 Å². The first-order valence-electron chi connectivity index (χ1n) is 4.43. The van der Waals surface area contributed by atoms with E-state index in [0.717, 1.165) is 24.5 Å². The molecular formula is C9H15N3O. The van der Waals surface area contributed by atoms with Crippen LogP contribution in [-0.2, 0) is 11.3 Å². The van der Waals surface area contributed by atoms with E-state index in [2.05, 4.69) is 22.2 Å². The molecule has 1 aromatic heterocycles. The second kappa shape index (κ2) is 5.48. The zero-order valence-electron chi connectivity index (χ0n) is 8.08. The molecule has 1 aromatic rings. The Labute approximate surface area is 78.4 Å². The summed E-state index contributed by atoms with van der Waals surface area (Å²) in [6, 6.07) is 0. The lowest BCUT2D eigenvalue weighted by Crippen LogP contribution is -1.99.